The van der Waals surface area contributed by atoms with E-state index in [0.717, 1.165) is 13.1 Å². The van der Waals surface area contributed by atoms with Gasteiger partial charge in [0.05, 0.1) is 37.1 Å². The van der Waals surface area contributed by atoms with Gasteiger partial charge < -0.3 is 9.80 Å². The van der Waals surface area contributed by atoms with Crippen LogP contribution in [0.2, 0.25) is 0 Å². The fraction of sp³-hybridized carbons (Fsp3) is 0.500. The monoisotopic (exact) mass is 205 g/mol. The minimum absolute atomic E-state index is 0.533. The van der Waals surface area contributed by atoms with Gasteiger partial charge in [-0.05, 0) is 26.0 Å². The summed E-state index contributed by atoms with van der Waals surface area (Å²) in [5.74, 6) is 0. The summed E-state index contributed by atoms with van der Waals surface area (Å²) in [4.78, 5) is 8.00. The fourth-order valence-electron chi connectivity index (χ4n) is 2.57. The van der Waals surface area contributed by atoms with Crippen LogP contribution in [0, 0.1) is 7.05 Å². The number of nitrogens with one attached hydrogen (secondary N) is 1. The van der Waals surface area contributed by atoms with Crippen molar-refractivity contribution < 1.29 is 4.90 Å². The first-order valence-corrected chi connectivity index (χ1v) is 5.53. The first kappa shape index (κ1) is 10.4. The number of rotatable bonds is 1. The van der Waals surface area contributed by atoms with Gasteiger partial charge in [0, 0.05) is 6.20 Å². The SMILES string of the molecule is [CH2-][NH+]1C[C@@H](C)N(c2cccnc2)[C@@H](C)C1. The lowest BCUT2D eigenvalue weighted by Gasteiger charge is -2.44. The van der Waals surface area contributed by atoms with Gasteiger partial charge in [-0.25, -0.2) is 0 Å². The van der Waals surface area contributed by atoms with Crippen molar-refractivity contribution >= 4 is 5.69 Å². The standard InChI is InChI=1S/C12H19N3/c1-10-8-14(3)9-11(2)15(10)12-5-4-6-13-7-12/h4-7,10-11,14H,3,8-9H2,1-2H3/t10-,11+. The maximum atomic E-state index is 4.18. The van der Waals surface area contributed by atoms with Crippen LogP contribution in [-0.4, -0.2) is 30.2 Å². The van der Waals surface area contributed by atoms with Crippen LogP contribution in [0.25, 0.3) is 0 Å². The van der Waals surface area contributed by atoms with Gasteiger partial charge >= 0.3 is 0 Å². The molecule has 0 radical (unpaired) electrons. The molecule has 0 amide bonds. The van der Waals surface area contributed by atoms with E-state index < -0.39 is 0 Å². The molecular weight excluding hydrogens is 186 g/mol. The third kappa shape index (κ3) is 2.12. The van der Waals surface area contributed by atoms with Crippen LogP contribution >= 0.6 is 0 Å². The van der Waals surface area contributed by atoms with Gasteiger partial charge in [0.1, 0.15) is 0 Å². The smallest absolute Gasteiger partial charge is 0.0736 e. The maximum Gasteiger partial charge on any atom is 0.0736 e. The highest BCUT2D eigenvalue weighted by molar-refractivity contribution is 5.46. The van der Waals surface area contributed by atoms with E-state index in [1.54, 1.807) is 0 Å². The Morgan fingerprint density at radius 2 is 2.07 bits per heavy atom. The van der Waals surface area contributed by atoms with Crippen LogP contribution in [0.1, 0.15) is 13.8 Å². The summed E-state index contributed by atoms with van der Waals surface area (Å²) in [6, 6.07) is 5.20. The summed E-state index contributed by atoms with van der Waals surface area (Å²) in [5, 5.41) is 0. The van der Waals surface area contributed by atoms with Gasteiger partial charge in [0.2, 0.25) is 0 Å². The van der Waals surface area contributed by atoms with E-state index in [4.69, 9.17) is 0 Å². The summed E-state index contributed by atoms with van der Waals surface area (Å²) in [6.07, 6.45) is 3.77. The molecule has 1 N–H and O–H groups in total. The van der Waals surface area contributed by atoms with E-state index in [1.165, 1.54) is 10.6 Å². The Kier molecular flexibility index (Phi) is 2.91. The zero-order chi connectivity index (χ0) is 10.8. The summed E-state index contributed by atoms with van der Waals surface area (Å²) in [6.45, 7) is 6.71. The summed E-state index contributed by atoms with van der Waals surface area (Å²) in [5.41, 5.74) is 1.23. The van der Waals surface area contributed by atoms with E-state index in [2.05, 4.69) is 36.8 Å². The third-order valence-corrected chi connectivity index (χ3v) is 3.06. The number of quaternary nitrogens is 1. The summed E-state index contributed by atoms with van der Waals surface area (Å²) < 4.78 is 0. The Morgan fingerprint density at radius 3 is 2.60 bits per heavy atom. The topological polar surface area (TPSA) is 20.6 Å². The number of pyridine rings is 1. The third-order valence-electron chi connectivity index (χ3n) is 3.06. The van der Waals surface area contributed by atoms with Gasteiger partial charge in [0.15, 0.2) is 0 Å². The van der Waals surface area contributed by atoms with Crippen molar-refractivity contribution in [1.29, 1.82) is 0 Å². The molecule has 15 heavy (non-hydrogen) atoms. The van der Waals surface area contributed by atoms with Crippen LogP contribution in [0.4, 0.5) is 5.69 Å². The lowest BCUT2D eigenvalue weighted by atomic mass is 10.1. The van der Waals surface area contributed by atoms with Crippen molar-refractivity contribution in [3.63, 3.8) is 0 Å². The average molecular weight is 205 g/mol. The molecule has 0 aliphatic carbocycles. The van der Waals surface area contributed by atoms with E-state index in [9.17, 15) is 0 Å². The normalized spacial score (nSPS) is 31.7. The predicted octanol–water partition coefficient (Wildman–Crippen LogP) is 0.355. The van der Waals surface area contributed by atoms with Crippen molar-refractivity contribution in [3.8, 4) is 0 Å². The minimum Gasteiger partial charge on any atom is -0.464 e. The highest BCUT2D eigenvalue weighted by atomic mass is 15.3. The molecule has 3 atom stereocenters. The number of nitrogens with zero attached hydrogens (tertiary/aromatic N) is 2. The van der Waals surface area contributed by atoms with Crippen LogP contribution in [0.5, 0.6) is 0 Å². The maximum absolute atomic E-state index is 4.18. The molecule has 1 aromatic heterocycles. The summed E-state index contributed by atoms with van der Waals surface area (Å²) in [7, 11) is 4.10. The Bertz CT molecular complexity index is 300. The van der Waals surface area contributed by atoms with Gasteiger partial charge in [-0.15, -0.1) is 0 Å². The zero-order valence-corrected chi connectivity index (χ0v) is 9.48. The van der Waals surface area contributed by atoms with E-state index in [-0.39, 0.29) is 0 Å². The Labute approximate surface area is 91.7 Å². The molecule has 1 saturated heterocycles. The highest BCUT2D eigenvalue weighted by Crippen LogP contribution is 2.19. The van der Waals surface area contributed by atoms with Crippen LogP contribution in [-0.2, 0) is 0 Å². The van der Waals surface area contributed by atoms with Gasteiger partial charge in [0.25, 0.3) is 0 Å². The molecule has 0 aromatic carbocycles. The number of anilines is 1. The number of hydrogen-bond acceptors (Lipinski definition) is 2. The highest BCUT2D eigenvalue weighted by Gasteiger charge is 2.28. The van der Waals surface area contributed by atoms with Crippen molar-refractivity contribution in [2.45, 2.75) is 25.9 Å². The molecule has 0 saturated carbocycles. The van der Waals surface area contributed by atoms with Crippen LogP contribution < -0.4 is 9.80 Å². The Morgan fingerprint density at radius 1 is 1.40 bits per heavy atom. The molecule has 0 spiro atoms. The molecule has 3 heteroatoms. The molecule has 1 unspecified atom stereocenters. The van der Waals surface area contributed by atoms with Crippen LogP contribution in [0.15, 0.2) is 24.5 Å². The molecule has 82 valence electrons. The number of hydrogen-bond donors (Lipinski definition) is 1. The van der Waals surface area contributed by atoms with Gasteiger partial charge in [-0.2, -0.15) is 7.05 Å². The molecule has 1 aromatic rings. The number of piperazine rings is 1. The van der Waals surface area contributed by atoms with Crippen molar-refractivity contribution in [3.05, 3.63) is 31.6 Å². The molecule has 1 aliphatic rings. The first-order chi connectivity index (χ1) is 7.18. The predicted molar refractivity (Wildman–Crippen MR) is 61.7 cm³/mol. The molecule has 2 rings (SSSR count). The second-order valence-corrected chi connectivity index (χ2v) is 4.47. The van der Waals surface area contributed by atoms with Gasteiger partial charge in [-0.3, -0.25) is 4.98 Å². The van der Waals surface area contributed by atoms with E-state index in [0.29, 0.717) is 12.1 Å². The molecular formula is C12H19N3. The quantitative estimate of drug-likeness (QED) is 0.668. The largest absolute Gasteiger partial charge is 0.464 e. The second kappa shape index (κ2) is 4.19. The van der Waals surface area contributed by atoms with E-state index >= 15 is 0 Å². The van der Waals surface area contributed by atoms with E-state index in [1.807, 2.05) is 18.5 Å². The van der Waals surface area contributed by atoms with Gasteiger partial charge in [-0.1, -0.05) is 0 Å². The molecule has 0 bridgehead atoms. The average Bonchev–Trinajstić information content (AvgIpc) is 2.17. The van der Waals surface area contributed by atoms with Crippen molar-refractivity contribution in [1.82, 2.24) is 4.98 Å². The molecule has 1 fully saturated rings. The lowest BCUT2D eigenvalue weighted by molar-refractivity contribution is -0.860. The van der Waals surface area contributed by atoms with Crippen molar-refractivity contribution in [2.24, 2.45) is 0 Å². The number of aromatic nitrogens is 1. The first-order valence-electron chi connectivity index (χ1n) is 5.53. The molecule has 3 nitrogen and oxygen atoms in total. The Hall–Kier alpha value is -1.09. The fourth-order valence-corrected chi connectivity index (χ4v) is 2.57. The molecule has 2 heterocycles. The Balaban J connectivity index is 2.21. The van der Waals surface area contributed by atoms with Crippen molar-refractivity contribution in [2.75, 3.05) is 18.0 Å². The summed E-state index contributed by atoms with van der Waals surface area (Å²) >= 11 is 0. The molecule has 1 aliphatic heterocycles. The lowest BCUT2D eigenvalue weighted by Crippen LogP contribution is -3.12. The second-order valence-electron chi connectivity index (χ2n) is 4.47. The zero-order valence-electron chi connectivity index (χ0n) is 9.48. The minimum atomic E-state index is 0.533. The van der Waals surface area contributed by atoms with Crippen LogP contribution in [0.3, 0.4) is 0 Å².